The van der Waals surface area contributed by atoms with E-state index in [9.17, 15) is 19.5 Å². The SMILES string of the molecule is CC(C)Cn1c(O)c(C(=O)NC2CC2)c(=O)n2nc(C(N)=O)c(C=CC3CCOCC3)c12. The number of ether oxygens (including phenoxy) is 1. The smallest absolute Gasteiger partial charge is 0.291 e. The average Bonchev–Trinajstić information content (AvgIpc) is 3.46. The van der Waals surface area contributed by atoms with E-state index in [4.69, 9.17) is 10.5 Å². The van der Waals surface area contributed by atoms with Crippen LogP contribution in [0.3, 0.4) is 0 Å². The molecule has 3 heterocycles. The predicted octanol–water partition coefficient (Wildman–Crippen LogP) is 1.29. The second-order valence-corrected chi connectivity index (χ2v) is 8.93. The molecule has 0 aromatic carbocycles. The Morgan fingerprint density at radius 1 is 1.28 bits per heavy atom. The molecule has 1 aliphatic heterocycles. The van der Waals surface area contributed by atoms with Crippen molar-refractivity contribution < 1.29 is 19.4 Å². The number of nitrogens with zero attached hydrogens (tertiary/aromatic N) is 3. The van der Waals surface area contributed by atoms with E-state index in [-0.39, 0.29) is 34.8 Å². The molecule has 10 heteroatoms. The van der Waals surface area contributed by atoms with E-state index < -0.39 is 23.3 Å². The quantitative estimate of drug-likeness (QED) is 0.589. The van der Waals surface area contributed by atoms with Crippen molar-refractivity contribution >= 4 is 23.5 Å². The van der Waals surface area contributed by atoms with Gasteiger partial charge in [-0.2, -0.15) is 9.61 Å². The predicted molar refractivity (Wildman–Crippen MR) is 118 cm³/mol. The van der Waals surface area contributed by atoms with Gasteiger partial charge >= 0.3 is 0 Å². The van der Waals surface area contributed by atoms with Crippen LogP contribution in [-0.2, 0) is 11.3 Å². The molecular formula is C22H29N5O5. The normalized spacial score (nSPS) is 17.5. The first-order valence-corrected chi connectivity index (χ1v) is 11.0. The molecule has 0 unspecified atom stereocenters. The zero-order chi connectivity index (χ0) is 23.0. The first-order valence-electron chi connectivity index (χ1n) is 11.0. The van der Waals surface area contributed by atoms with Gasteiger partial charge in [0.15, 0.2) is 16.9 Å². The van der Waals surface area contributed by atoms with Crippen LogP contribution < -0.4 is 16.6 Å². The molecule has 4 rings (SSSR count). The van der Waals surface area contributed by atoms with Crippen LogP contribution >= 0.6 is 0 Å². The summed E-state index contributed by atoms with van der Waals surface area (Å²) in [5, 5.41) is 17.9. The molecule has 2 fully saturated rings. The summed E-state index contributed by atoms with van der Waals surface area (Å²) in [7, 11) is 0. The van der Waals surface area contributed by atoms with Gasteiger partial charge in [0.25, 0.3) is 17.4 Å². The number of fused-ring (bicyclic) bond motifs is 1. The Morgan fingerprint density at radius 3 is 2.56 bits per heavy atom. The Morgan fingerprint density at radius 2 is 1.97 bits per heavy atom. The molecule has 2 aliphatic rings. The molecule has 1 aliphatic carbocycles. The summed E-state index contributed by atoms with van der Waals surface area (Å²) in [5.41, 5.74) is 4.91. The largest absolute Gasteiger partial charge is 0.494 e. The maximum Gasteiger partial charge on any atom is 0.291 e. The molecule has 32 heavy (non-hydrogen) atoms. The number of rotatable bonds is 7. The Labute approximate surface area is 185 Å². The molecule has 2 aromatic rings. The van der Waals surface area contributed by atoms with Crippen molar-refractivity contribution in [1.29, 1.82) is 0 Å². The summed E-state index contributed by atoms with van der Waals surface area (Å²) in [6, 6.07) is 0.00677. The summed E-state index contributed by atoms with van der Waals surface area (Å²) in [4.78, 5) is 38.1. The molecule has 2 aromatic heterocycles. The third-order valence-electron chi connectivity index (χ3n) is 5.76. The van der Waals surface area contributed by atoms with E-state index in [0.717, 1.165) is 30.2 Å². The van der Waals surface area contributed by atoms with Crippen molar-refractivity contribution in [3.05, 3.63) is 33.3 Å². The summed E-state index contributed by atoms with van der Waals surface area (Å²) in [6.07, 6.45) is 7.06. The first-order chi connectivity index (χ1) is 15.3. The van der Waals surface area contributed by atoms with Crippen molar-refractivity contribution in [3.63, 3.8) is 0 Å². The number of nitrogens with two attached hydrogens (primary N) is 1. The average molecular weight is 444 g/mol. The summed E-state index contributed by atoms with van der Waals surface area (Å²) in [6.45, 7) is 5.51. The van der Waals surface area contributed by atoms with Gasteiger partial charge < -0.3 is 20.9 Å². The van der Waals surface area contributed by atoms with Crippen molar-refractivity contribution in [2.24, 2.45) is 17.6 Å². The van der Waals surface area contributed by atoms with Gasteiger partial charge in [-0.1, -0.05) is 26.0 Å². The van der Waals surface area contributed by atoms with Crippen LogP contribution in [0.5, 0.6) is 5.88 Å². The Balaban J connectivity index is 1.92. The van der Waals surface area contributed by atoms with Crippen LogP contribution in [0.15, 0.2) is 10.9 Å². The lowest BCUT2D eigenvalue weighted by Gasteiger charge is -2.19. The van der Waals surface area contributed by atoms with E-state index in [2.05, 4.69) is 10.4 Å². The molecule has 2 amide bonds. The fourth-order valence-corrected chi connectivity index (χ4v) is 3.96. The number of hydrogen-bond donors (Lipinski definition) is 3. The van der Waals surface area contributed by atoms with Gasteiger partial charge in [-0.15, -0.1) is 0 Å². The lowest BCUT2D eigenvalue weighted by atomic mass is 9.99. The molecule has 0 bridgehead atoms. The second kappa shape index (κ2) is 8.78. The summed E-state index contributed by atoms with van der Waals surface area (Å²) in [5.74, 6) is -1.55. The molecule has 0 radical (unpaired) electrons. The fourth-order valence-electron chi connectivity index (χ4n) is 3.96. The van der Waals surface area contributed by atoms with E-state index in [1.807, 2.05) is 19.9 Å². The summed E-state index contributed by atoms with van der Waals surface area (Å²) < 4.78 is 7.87. The zero-order valence-electron chi connectivity index (χ0n) is 18.3. The highest BCUT2D eigenvalue weighted by atomic mass is 16.5. The van der Waals surface area contributed by atoms with E-state index in [1.165, 1.54) is 4.57 Å². The van der Waals surface area contributed by atoms with E-state index in [0.29, 0.717) is 25.3 Å². The van der Waals surface area contributed by atoms with Gasteiger partial charge in [-0.3, -0.25) is 19.0 Å². The number of primary amides is 1. The van der Waals surface area contributed by atoms with Crippen LogP contribution in [0.4, 0.5) is 0 Å². The molecule has 4 N–H and O–H groups in total. The number of carbonyl (C=O) groups is 2. The number of aromatic nitrogens is 3. The number of carbonyl (C=O) groups excluding carboxylic acids is 2. The Hall–Kier alpha value is -3.14. The van der Waals surface area contributed by atoms with Crippen LogP contribution in [-0.4, -0.2) is 50.4 Å². The minimum Gasteiger partial charge on any atom is -0.494 e. The van der Waals surface area contributed by atoms with Gasteiger partial charge in [-0.05, 0) is 37.5 Å². The molecule has 1 saturated heterocycles. The van der Waals surface area contributed by atoms with E-state index in [1.54, 1.807) is 6.08 Å². The molecule has 0 atom stereocenters. The Kier molecular flexibility index (Phi) is 6.05. The standard InChI is InChI=1S/C22H29N5O5/c1-12(2)11-26-20-15(6-3-13-7-9-32-10-8-13)17(18(23)28)25-27(20)22(31)16(21(26)30)19(29)24-14-4-5-14/h3,6,12-14,30H,4-5,7-11H2,1-2H3,(H2,23,28)(H,24,29). The van der Waals surface area contributed by atoms with Crippen molar-refractivity contribution in [3.8, 4) is 5.88 Å². The number of hydrogen-bond acceptors (Lipinski definition) is 6. The van der Waals surface area contributed by atoms with Gasteiger partial charge in [0.05, 0.1) is 5.56 Å². The lowest BCUT2D eigenvalue weighted by Crippen LogP contribution is -2.34. The van der Waals surface area contributed by atoms with Crippen LogP contribution in [0, 0.1) is 11.8 Å². The van der Waals surface area contributed by atoms with E-state index >= 15 is 0 Å². The van der Waals surface area contributed by atoms with Crippen LogP contribution in [0.25, 0.3) is 11.7 Å². The third-order valence-corrected chi connectivity index (χ3v) is 5.76. The lowest BCUT2D eigenvalue weighted by molar-refractivity contribution is 0.0787. The Bertz CT molecular complexity index is 1140. The maximum absolute atomic E-state index is 13.2. The minimum atomic E-state index is -0.792. The number of allylic oxidation sites excluding steroid dienone is 1. The molecular weight excluding hydrogens is 414 g/mol. The van der Waals surface area contributed by atoms with Crippen molar-refractivity contribution in [2.75, 3.05) is 13.2 Å². The molecule has 0 spiro atoms. The monoisotopic (exact) mass is 443 g/mol. The topological polar surface area (TPSA) is 141 Å². The van der Waals surface area contributed by atoms with Gasteiger partial charge in [0, 0.05) is 25.8 Å². The van der Waals surface area contributed by atoms with Gasteiger partial charge in [0.2, 0.25) is 5.88 Å². The zero-order valence-corrected chi connectivity index (χ0v) is 18.3. The fraction of sp³-hybridized carbons (Fsp3) is 0.545. The molecule has 172 valence electrons. The molecule has 1 saturated carbocycles. The highest BCUT2D eigenvalue weighted by Crippen LogP contribution is 2.27. The number of amides is 2. The highest BCUT2D eigenvalue weighted by Gasteiger charge is 2.31. The number of nitrogens with one attached hydrogen (secondary N) is 1. The van der Waals surface area contributed by atoms with Crippen LogP contribution in [0.1, 0.15) is 65.9 Å². The van der Waals surface area contributed by atoms with Gasteiger partial charge in [0.1, 0.15) is 0 Å². The third kappa shape index (κ3) is 4.27. The van der Waals surface area contributed by atoms with Crippen molar-refractivity contribution in [2.45, 2.75) is 52.1 Å². The second-order valence-electron chi connectivity index (χ2n) is 8.93. The highest BCUT2D eigenvalue weighted by molar-refractivity contribution is 5.99. The number of aromatic hydroxyl groups is 1. The maximum atomic E-state index is 13.2. The molecule has 10 nitrogen and oxygen atoms in total. The first kappa shape index (κ1) is 22.1. The van der Waals surface area contributed by atoms with Gasteiger partial charge in [-0.25, -0.2) is 0 Å². The summed E-state index contributed by atoms with van der Waals surface area (Å²) >= 11 is 0. The van der Waals surface area contributed by atoms with Crippen LogP contribution in [0.2, 0.25) is 0 Å². The van der Waals surface area contributed by atoms with Crippen molar-refractivity contribution in [1.82, 2.24) is 19.5 Å². The minimum absolute atomic E-state index is 0.00677.